The van der Waals surface area contributed by atoms with Crippen molar-refractivity contribution in [2.75, 3.05) is 18.1 Å². The van der Waals surface area contributed by atoms with E-state index in [9.17, 15) is 9.90 Å². The molecule has 0 unspecified atom stereocenters. The van der Waals surface area contributed by atoms with Crippen molar-refractivity contribution >= 4 is 17.7 Å². The first-order chi connectivity index (χ1) is 6.19. The fourth-order valence-electron chi connectivity index (χ4n) is 1.15. The topological polar surface area (TPSA) is 70.3 Å². The quantitative estimate of drug-likeness (QED) is 0.651. The second kappa shape index (κ2) is 4.49. The number of nitrogens with zero attached hydrogens (tertiary/aromatic N) is 1. The third-order valence-corrected chi connectivity index (χ3v) is 2.95. The van der Waals surface area contributed by atoms with E-state index in [1.165, 1.54) is 0 Å². The van der Waals surface area contributed by atoms with Gasteiger partial charge in [0, 0.05) is 0 Å². The van der Waals surface area contributed by atoms with Gasteiger partial charge in [-0.15, -0.1) is 0 Å². The molecule has 4 nitrogen and oxygen atoms in total. The lowest BCUT2D eigenvalue weighted by Gasteiger charge is -2.28. The highest BCUT2D eigenvalue weighted by Gasteiger charge is 2.38. The Bertz CT molecular complexity index is 230. The molecule has 1 rings (SSSR count). The molecular weight excluding hydrogens is 190 g/mol. The number of aliphatic hydroxyl groups is 1. The van der Waals surface area contributed by atoms with Crippen LogP contribution in [0.2, 0.25) is 0 Å². The molecule has 0 aromatic heterocycles. The van der Waals surface area contributed by atoms with Crippen molar-refractivity contribution in [3.8, 4) is 6.07 Å². The third kappa shape index (κ3) is 2.61. The van der Waals surface area contributed by atoms with Crippen LogP contribution >= 0.6 is 11.8 Å². The van der Waals surface area contributed by atoms with Crippen LogP contribution in [0.25, 0.3) is 0 Å². The Labute approximate surface area is 80.9 Å². The Balaban J connectivity index is 2.47. The zero-order valence-electron chi connectivity index (χ0n) is 7.15. The van der Waals surface area contributed by atoms with Crippen molar-refractivity contribution < 1.29 is 14.6 Å². The molecule has 0 aromatic carbocycles. The molecule has 13 heavy (non-hydrogen) atoms. The van der Waals surface area contributed by atoms with Gasteiger partial charge in [0.15, 0.2) is 12.2 Å². The summed E-state index contributed by atoms with van der Waals surface area (Å²) in [7, 11) is 0. The number of carbonyl (C=O) groups is 1. The van der Waals surface area contributed by atoms with Crippen molar-refractivity contribution in [2.45, 2.75) is 18.4 Å². The lowest BCUT2D eigenvalue weighted by Crippen LogP contribution is -2.43. The van der Waals surface area contributed by atoms with Crippen LogP contribution in [0.1, 0.15) is 12.8 Å². The molecule has 0 saturated carbocycles. The molecular formula is C8H11NO3S. The molecule has 0 radical (unpaired) electrons. The van der Waals surface area contributed by atoms with Crippen molar-refractivity contribution in [3.05, 3.63) is 0 Å². The minimum absolute atomic E-state index is 0.283. The molecule has 0 aromatic rings. The summed E-state index contributed by atoms with van der Waals surface area (Å²) in [6.07, 6.45) is 0.837. The van der Waals surface area contributed by atoms with Crippen LogP contribution in [0.4, 0.5) is 0 Å². The van der Waals surface area contributed by atoms with E-state index in [2.05, 4.69) is 4.74 Å². The molecule has 1 saturated heterocycles. The fraction of sp³-hybridized carbons (Fsp3) is 0.750. The molecule has 0 spiro atoms. The zero-order chi connectivity index (χ0) is 9.73. The zero-order valence-corrected chi connectivity index (χ0v) is 7.97. The molecule has 0 bridgehead atoms. The van der Waals surface area contributed by atoms with E-state index in [0.717, 1.165) is 11.5 Å². The highest BCUT2D eigenvalue weighted by molar-refractivity contribution is 7.99. The number of hydrogen-bond acceptors (Lipinski definition) is 5. The Morgan fingerprint density at radius 3 is 2.77 bits per heavy atom. The van der Waals surface area contributed by atoms with E-state index in [4.69, 9.17) is 5.26 Å². The van der Waals surface area contributed by atoms with Gasteiger partial charge in [0.2, 0.25) is 0 Å². The number of carbonyl (C=O) groups excluding carboxylic acids is 1. The first-order valence-electron chi connectivity index (χ1n) is 4.03. The average Bonchev–Trinajstić information content (AvgIpc) is 2.15. The van der Waals surface area contributed by atoms with Crippen molar-refractivity contribution in [3.63, 3.8) is 0 Å². The van der Waals surface area contributed by atoms with E-state index in [0.29, 0.717) is 12.8 Å². The molecule has 1 N–H and O–H groups in total. The molecule has 0 aliphatic carbocycles. The Kier molecular flexibility index (Phi) is 3.58. The number of rotatable bonds is 2. The number of nitriles is 1. The monoisotopic (exact) mass is 201 g/mol. The molecule has 72 valence electrons. The molecule has 0 atom stereocenters. The SMILES string of the molecule is N#CCOC(=O)C1(O)CCSCC1. The maximum Gasteiger partial charge on any atom is 0.339 e. The Morgan fingerprint density at radius 1 is 1.62 bits per heavy atom. The van der Waals surface area contributed by atoms with E-state index in [1.807, 2.05) is 0 Å². The molecule has 0 amide bonds. The highest BCUT2D eigenvalue weighted by Crippen LogP contribution is 2.27. The van der Waals surface area contributed by atoms with Crippen molar-refractivity contribution in [2.24, 2.45) is 0 Å². The van der Waals surface area contributed by atoms with Gasteiger partial charge in [-0.2, -0.15) is 17.0 Å². The lowest BCUT2D eigenvalue weighted by molar-refractivity contribution is -0.164. The average molecular weight is 201 g/mol. The molecule has 5 heteroatoms. The van der Waals surface area contributed by atoms with E-state index in [-0.39, 0.29) is 6.61 Å². The van der Waals surface area contributed by atoms with Gasteiger partial charge in [0.05, 0.1) is 0 Å². The van der Waals surface area contributed by atoms with Crippen LogP contribution in [0.15, 0.2) is 0 Å². The number of hydrogen-bond donors (Lipinski definition) is 1. The highest BCUT2D eigenvalue weighted by atomic mass is 32.2. The molecule has 1 heterocycles. The van der Waals surface area contributed by atoms with Gasteiger partial charge in [-0.3, -0.25) is 0 Å². The normalized spacial score (nSPS) is 20.3. The summed E-state index contributed by atoms with van der Waals surface area (Å²) in [4.78, 5) is 11.2. The lowest BCUT2D eigenvalue weighted by atomic mass is 9.97. The number of ether oxygens (including phenoxy) is 1. The maximum absolute atomic E-state index is 11.2. The third-order valence-electron chi connectivity index (χ3n) is 1.97. The van der Waals surface area contributed by atoms with Crippen LogP contribution in [-0.2, 0) is 9.53 Å². The van der Waals surface area contributed by atoms with E-state index >= 15 is 0 Å². The van der Waals surface area contributed by atoms with E-state index < -0.39 is 11.6 Å². The summed E-state index contributed by atoms with van der Waals surface area (Å²) < 4.78 is 4.57. The fourth-order valence-corrected chi connectivity index (χ4v) is 2.31. The summed E-state index contributed by atoms with van der Waals surface area (Å²) in [6.45, 7) is -0.283. The summed E-state index contributed by atoms with van der Waals surface area (Å²) >= 11 is 1.71. The van der Waals surface area contributed by atoms with Crippen LogP contribution in [0.5, 0.6) is 0 Å². The second-order valence-corrected chi connectivity index (χ2v) is 4.10. The van der Waals surface area contributed by atoms with Crippen molar-refractivity contribution in [1.82, 2.24) is 0 Å². The van der Waals surface area contributed by atoms with Gasteiger partial charge in [-0.1, -0.05) is 0 Å². The number of thioether (sulfide) groups is 1. The number of esters is 1. The Morgan fingerprint density at radius 2 is 2.23 bits per heavy atom. The van der Waals surface area contributed by atoms with Gasteiger partial charge in [0.1, 0.15) is 6.07 Å². The predicted molar refractivity (Wildman–Crippen MR) is 48.1 cm³/mol. The van der Waals surface area contributed by atoms with Gasteiger partial charge in [-0.05, 0) is 24.3 Å². The van der Waals surface area contributed by atoms with Crippen LogP contribution in [0, 0.1) is 11.3 Å². The predicted octanol–water partition coefficient (Wildman–Crippen LogP) is 0.311. The standard InChI is InChI=1S/C8H11NO3S/c9-3-4-12-7(10)8(11)1-5-13-6-2-8/h11H,1-2,4-6H2. The first-order valence-corrected chi connectivity index (χ1v) is 5.19. The molecule has 1 fully saturated rings. The second-order valence-electron chi connectivity index (χ2n) is 2.88. The first kappa shape index (κ1) is 10.4. The van der Waals surface area contributed by atoms with Crippen molar-refractivity contribution in [1.29, 1.82) is 5.26 Å². The van der Waals surface area contributed by atoms with Gasteiger partial charge in [-0.25, -0.2) is 4.79 Å². The van der Waals surface area contributed by atoms with Crippen LogP contribution in [-0.4, -0.2) is 34.8 Å². The largest absolute Gasteiger partial charge is 0.448 e. The Hall–Kier alpha value is -0.730. The minimum atomic E-state index is -1.35. The van der Waals surface area contributed by atoms with Gasteiger partial charge in [0.25, 0.3) is 0 Å². The van der Waals surface area contributed by atoms with Gasteiger partial charge >= 0.3 is 5.97 Å². The summed E-state index contributed by atoms with van der Waals surface area (Å²) in [6, 6.07) is 1.70. The molecule has 1 aliphatic rings. The molecule has 1 aliphatic heterocycles. The maximum atomic E-state index is 11.2. The smallest absolute Gasteiger partial charge is 0.339 e. The van der Waals surface area contributed by atoms with Gasteiger partial charge < -0.3 is 9.84 Å². The van der Waals surface area contributed by atoms with Crippen LogP contribution < -0.4 is 0 Å². The summed E-state index contributed by atoms with van der Waals surface area (Å²) in [5.74, 6) is 0.866. The summed E-state index contributed by atoms with van der Waals surface area (Å²) in [5, 5.41) is 18.0. The van der Waals surface area contributed by atoms with Crippen LogP contribution in [0.3, 0.4) is 0 Å². The summed E-state index contributed by atoms with van der Waals surface area (Å²) in [5.41, 5.74) is -1.35. The minimum Gasteiger partial charge on any atom is -0.448 e. The van der Waals surface area contributed by atoms with E-state index in [1.54, 1.807) is 17.8 Å².